The Morgan fingerprint density at radius 2 is 2.07 bits per heavy atom. The maximum Gasteiger partial charge on any atom is 0.253 e. The minimum absolute atomic E-state index is 0.115. The summed E-state index contributed by atoms with van der Waals surface area (Å²) < 4.78 is 6.29. The average molecular weight is 408 g/mol. The maximum absolute atomic E-state index is 13.0. The van der Waals surface area contributed by atoms with Crippen LogP contribution in [0.1, 0.15) is 10.4 Å². The van der Waals surface area contributed by atoms with Crippen molar-refractivity contribution < 1.29 is 9.53 Å². The standard InChI is InChI=1S/C21H17N3O2S2/c1-26-16-4-6-19-18(13-16)23-21(28-19)24(14-15-8-10-22-11-9-15)20(25)7-5-17-3-2-12-27-17/h2-13H,14H2,1H3/b7-5+. The number of nitrogens with zero attached hydrogens (tertiary/aromatic N) is 3. The lowest BCUT2D eigenvalue weighted by molar-refractivity contribution is -0.114. The van der Waals surface area contributed by atoms with E-state index < -0.39 is 0 Å². The van der Waals surface area contributed by atoms with Crippen LogP contribution in [-0.4, -0.2) is 23.0 Å². The van der Waals surface area contributed by atoms with Gasteiger partial charge in [0.15, 0.2) is 5.13 Å². The van der Waals surface area contributed by atoms with Crippen molar-refractivity contribution in [3.05, 3.63) is 76.8 Å². The number of carbonyl (C=O) groups excluding carboxylic acids is 1. The number of pyridine rings is 1. The van der Waals surface area contributed by atoms with E-state index in [2.05, 4.69) is 9.97 Å². The molecule has 0 unspecified atom stereocenters. The van der Waals surface area contributed by atoms with E-state index in [1.54, 1.807) is 41.8 Å². The zero-order valence-corrected chi connectivity index (χ0v) is 16.7. The number of hydrogen-bond donors (Lipinski definition) is 0. The molecule has 28 heavy (non-hydrogen) atoms. The number of fused-ring (bicyclic) bond motifs is 1. The van der Waals surface area contributed by atoms with Gasteiger partial charge in [-0.05, 0) is 47.4 Å². The largest absolute Gasteiger partial charge is 0.497 e. The minimum Gasteiger partial charge on any atom is -0.497 e. The second kappa shape index (κ2) is 8.33. The number of carbonyl (C=O) groups is 1. The second-order valence-electron chi connectivity index (χ2n) is 5.96. The van der Waals surface area contributed by atoms with Crippen LogP contribution in [-0.2, 0) is 11.3 Å². The molecule has 0 spiro atoms. The highest BCUT2D eigenvalue weighted by molar-refractivity contribution is 7.22. The predicted molar refractivity (Wildman–Crippen MR) is 115 cm³/mol. The molecule has 0 aliphatic rings. The minimum atomic E-state index is -0.115. The quantitative estimate of drug-likeness (QED) is 0.422. The Labute approximate surface area is 170 Å². The molecule has 3 heterocycles. The second-order valence-corrected chi connectivity index (χ2v) is 7.95. The highest BCUT2D eigenvalue weighted by Crippen LogP contribution is 2.32. The van der Waals surface area contributed by atoms with E-state index in [1.165, 1.54) is 11.3 Å². The molecule has 0 saturated carbocycles. The van der Waals surface area contributed by atoms with Crippen LogP contribution in [0.3, 0.4) is 0 Å². The summed E-state index contributed by atoms with van der Waals surface area (Å²) in [7, 11) is 1.63. The van der Waals surface area contributed by atoms with E-state index in [1.807, 2.05) is 53.9 Å². The fourth-order valence-electron chi connectivity index (χ4n) is 2.68. The van der Waals surface area contributed by atoms with Gasteiger partial charge in [0.1, 0.15) is 5.75 Å². The van der Waals surface area contributed by atoms with Gasteiger partial charge in [0.25, 0.3) is 5.91 Å². The highest BCUT2D eigenvalue weighted by atomic mass is 32.1. The van der Waals surface area contributed by atoms with Crippen molar-refractivity contribution in [3.63, 3.8) is 0 Å². The Morgan fingerprint density at radius 3 is 2.82 bits per heavy atom. The molecule has 0 bridgehead atoms. The lowest BCUT2D eigenvalue weighted by Crippen LogP contribution is -2.28. The van der Waals surface area contributed by atoms with Crippen LogP contribution < -0.4 is 9.64 Å². The van der Waals surface area contributed by atoms with Crippen LogP contribution in [0, 0.1) is 0 Å². The zero-order valence-electron chi connectivity index (χ0n) is 15.1. The van der Waals surface area contributed by atoms with Crippen molar-refractivity contribution >= 4 is 50.0 Å². The molecule has 1 aromatic carbocycles. The number of anilines is 1. The van der Waals surface area contributed by atoms with Crippen LogP contribution in [0.5, 0.6) is 5.75 Å². The average Bonchev–Trinajstić information content (AvgIpc) is 3.39. The Balaban J connectivity index is 1.68. The van der Waals surface area contributed by atoms with Crippen molar-refractivity contribution in [2.45, 2.75) is 6.54 Å². The molecular formula is C21H17N3O2S2. The Morgan fingerprint density at radius 1 is 1.21 bits per heavy atom. The molecule has 0 fully saturated rings. The normalized spacial score (nSPS) is 11.2. The van der Waals surface area contributed by atoms with Gasteiger partial charge in [-0.2, -0.15) is 0 Å². The van der Waals surface area contributed by atoms with Crippen molar-refractivity contribution in [1.29, 1.82) is 0 Å². The first-order valence-electron chi connectivity index (χ1n) is 8.59. The van der Waals surface area contributed by atoms with Crippen LogP contribution in [0.15, 0.2) is 66.3 Å². The number of methoxy groups -OCH3 is 1. The summed E-state index contributed by atoms with van der Waals surface area (Å²) in [5, 5.41) is 2.64. The SMILES string of the molecule is COc1ccc2sc(N(Cc3ccncc3)C(=O)/C=C/c3cccs3)nc2c1. The maximum atomic E-state index is 13.0. The van der Waals surface area contributed by atoms with E-state index in [-0.39, 0.29) is 5.91 Å². The first kappa shape index (κ1) is 18.3. The molecular weight excluding hydrogens is 390 g/mol. The predicted octanol–water partition coefficient (Wildman–Crippen LogP) is 5.01. The van der Waals surface area contributed by atoms with Crippen molar-refractivity contribution in [1.82, 2.24) is 9.97 Å². The molecule has 1 amide bonds. The summed E-state index contributed by atoms with van der Waals surface area (Å²) in [4.78, 5) is 24.5. The third kappa shape index (κ3) is 4.11. The van der Waals surface area contributed by atoms with Gasteiger partial charge in [-0.15, -0.1) is 11.3 Å². The molecule has 7 heteroatoms. The number of ether oxygens (including phenoxy) is 1. The van der Waals surface area contributed by atoms with Crippen LogP contribution in [0.25, 0.3) is 16.3 Å². The summed E-state index contributed by atoms with van der Waals surface area (Å²) in [6.07, 6.45) is 6.88. The van der Waals surface area contributed by atoms with Gasteiger partial charge in [0.2, 0.25) is 0 Å². The van der Waals surface area contributed by atoms with Crippen LogP contribution in [0.4, 0.5) is 5.13 Å². The lowest BCUT2D eigenvalue weighted by atomic mass is 10.2. The summed E-state index contributed by atoms with van der Waals surface area (Å²) in [6, 6.07) is 13.5. The number of rotatable bonds is 6. The van der Waals surface area contributed by atoms with Crippen molar-refractivity contribution in [2.75, 3.05) is 12.0 Å². The van der Waals surface area contributed by atoms with Gasteiger partial charge in [-0.1, -0.05) is 17.4 Å². The molecule has 0 atom stereocenters. The number of benzene rings is 1. The molecule has 0 radical (unpaired) electrons. The smallest absolute Gasteiger partial charge is 0.253 e. The van der Waals surface area contributed by atoms with Crippen LogP contribution >= 0.6 is 22.7 Å². The Bertz CT molecular complexity index is 1110. The molecule has 0 N–H and O–H groups in total. The van der Waals surface area contributed by atoms with Gasteiger partial charge in [0.05, 0.1) is 23.9 Å². The van der Waals surface area contributed by atoms with Gasteiger partial charge in [0, 0.05) is 29.4 Å². The summed E-state index contributed by atoms with van der Waals surface area (Å²) >= 11 is 3.08. The van der Waals surface area contributed by atoms with Crippen molar-refractivity contribution in [2.24, 2.45) is 0 Å². The summed E-state index contributed by atoms with van der Waals surface area (Å²) in [5.41, 5.74) is 1.80. The van der Waals surface area contributed by atoms with E-state index in [4.69, 9.17) is 4.74 Å². The number of thiazole rings is 1. The van der Waals surface area contributed by atoms with E-state index in [0.717, 1.165) is 26.4 Å². The summed E-state index contributed by atoms with van der Waals surface area (Å²) in [6.45, 7) is 0.424. The van der Waals surface area contributed by atoms with Gasteiger partial charge in [-0.25, -0.2) is 4.98 Å². The molecule has 3 aromatic heterocycles. The Hall–Kier alpha value is -3.03. The van der Waals surface area contributed by atoms with Gasteiger partial charge < -0.3 is 4.74 Å². The zero-order chi connectivity index (χ0) is 19.3. The van der Waals surface area contributed by atoms with Gasteiger partial charge >= 0.3 is 0 Å². The molecule has 4 rings (SSSR count). The molecule has 5 nitrogen and oxygen atoms in total. The first-order valence-corrected chi connectivity index (χ1v) is 10.3. The van der Waals surface area contributed by atoms with E-state index in [0.29, 0.717) is 11.7 Å². The van der Waals surface area contributed by atoms with Crippen LogP contribution in [0.2, 0.25) is 0 Å². The highest BCUT2D eigenvalue weighted by Gasteiger charge is 2.18. The number of aromatic nitrogens is 2. The summed E-state index contributed by atoms with van der Waals surface area (Å²) in [5.74, 6) is 0.630. The molecule has 140 valence electrons. The topological polar surface area (TPSA) is 55.3 Å². The van der Waals surface area contributed by atoms with E-state index >= 15 is 0 Å². The molecule has 0 saturated heterocycles. The first-order chi connectivity index (χ1) is 13.7. The molecule has 0 aliphatic carbocycles. The van der Waals surface area contributed by atoms with Gasteiger partial charge in [-0.3, -0.25) is 14.7 Å². The van der Waals surface area contributed by atoms with E-state index in [9.17, 15) is 4.79 Å². The molecule has 4 aromatic rings. The third-order valence-corrected chi connectivity index (χ3v) is 6.00. The lowest BCUT2D eigenvalue weighted by Gasteiger charge is -2.18. The number of hydrogen-bond acceptors (Lipinski definition) is 6. The Kier molecular flexibility index (Phi) is 5.45. The number of thiophene rings is 1. The fraction of sp³-hybridized carbons (Fsp3) is 0.0952. The number of amides is 1. The molecule has 0 aliphatic heterocycles. The fourth-order valence-corrected chi connectivity index (χ4v) is 4.25. The van der Waals surface area contributed by atoms with Crippen molar-refractivity contribution in [3.8, 4) is 5.75 Å². The third-order valence-electron chi connectivity index (χ3n) is 4.10. The monoisotopic (exact) mass is 407 g/mol.